The second-order valence-corrected chi connectivity index (χ2v) is 5.55. The van der Waals surface area contributed by atoms with Crippen molar-refractivity contribution in [3.63, 3.8) is 0 Å². The summed E-state index contributed by atoms with van der Waals surface area (Å²) in [6.45, 7) is 0. The fourth-order valence-corrected chi connectivity index (χ4v) is 2.80. The van der Waals surface area contributed by atoms with Crippen LogP contribution in [-0.2, 0) is 0 Å². The summed E-state index contributed by atoms with van der Waals surface area (Å²) >= 11 is 13.1. The Morgan fingerprint density at radius 1 is 1.19 bits per heavy atom. The number of rotatable bonds is 3. The predicted molar refractivity (Wildman–Crippen MR) is 84.1 cm³/mol. The molecule has 0 amide bonds. The number of halogens is 2. The van der Waals surface area contributed by atoms with Gasteiger partial charge in [0.15, 0.2) is 0 Å². The van der Waals surface area contributed by atoms with E-state index in [1.165, 1.54) is 6.07 Å². The van der Waals surface area contributed by atoms with E-state index in [-0.39, 0.29) is 5.56 Å². The van der Waals surface area contributed by atoms with Crippen LogP contribution in [0.1, 0.15) is 10.4 Å². The van der Waals surface area contributed by atoms with Gasteiger partial charge in [0.2, 0.25) is 0 Å². The lowest BCUT2D eigenvalue weighted by molar-refractivity contribution is 0.0698. The van der Waals surface area contributed by atoms with E-state index in [9.17, 15) is 9.90 Å². The highest BCUT2D eigenvalue weighted by Gasteiger charge is 2.15. The molecular weight excluding hydrogens is 333 g/mol. The zero-order valence-electron chi connectivity index (χ0n) is 10.3. The Kier molecular flexibility index (Phi) is 3.67. The van der Waals surface area contributed by atoms with E-state index in [4.69, 9.17) is 23.2 Å². The molecule has 0 unspecified atom stereocenters. The molecule has 2 aromatic carbocycles. The van der Waals surface area contributed by atoms with E-state index in [2.05, 4.69) is 14.1 Å². The van der Waals surface area contributed by atoms with E-state index < -0.39 is 5.97 Å². The maximum absolute atomic E-state index is 11.3. The Bertz CT molecular complexity index is 851. The number of hydrogen-bond acceptors (Lipinski definition) is 5. The minimum atomic E-state index is -1.08. The molecule has 0 aliphatic carbocycles. The average molecular weight is 340 g/mol. The molecule has 0 radical (unpaired) electrons. The van der Waals surface area contributed by atoms with Crippen molar-refractivity contribution in [2.24, 2.45) is 0 Å². The number of carboxylic acid groups (broad SMARTS) is 1. The largest absolute Gasteiger partial charge is 0.478 e. The van der Waals surface area contributed by atoms with Crippen molar-refractivity contribution in [3.8, 4) is 0 Å². The van der Waals surface area contributed by atoms with E-state index in [1.807, 2.05) is 0 Å². The molecule has 1 heterocycles. The normalized spacial score (nSPS) is 10.8. The van der Waals surface area contributed by atoms with E-state index in [1.54, 1.807) is 24.3 Å². The van der Waals surface area contributed by atoms with Gasteiger partial charge in [-0.25, -0.2) is 4.79 Å². The minimum absolute atomic E-state index is 0.0544. The summed E-state index contributed by atoms with van der Waals surface area (Å²) in [5.41, 5.74) is 2.25. The molecule has 2 N–H and O–H groups in total. The Hall–Kier alpha value is -1.89. The van der Waals surface area contributed by atoms with Crippen LogP contribution in [0.2, 0.25) is 10.0 Å². The maximum atomic E-state index is 11.3. The van der Waals surface area contributed by atoms with Gasteiger partial charge in [0.25, 0.3) is 0 Å². The fourth-order valence-electron chi connectivity index (χ4n) is 1.88. The van der Waals surface area contributed by atoms with Crippen molar-refractivity contribution < 1.29 is 9.90 Å². The molecule has 0 bridgehead atoms. The summed E-state index contributed by atoms with van der Waals surface area (Å²) in [6, 6.07) is 8.00. The first-order valence-electron chi connectivity index (χ1n) is 5.77. The fraction of sp³-hybridized carbons (Fsp3) is 0. The van der Waals surface area contributed by atoms with Gasteiger partial charge in [-0.3, -0.25) is 0 Å². The van der Waals surface area contributed by atoms with E-state index in [0.717, 1.165) is 11.7 Å². The number of benzene rings is 2. The molecule has 106 valence electrons. The molecule has 0 spiro atoms. The van der Waals surface area contributed by atoms with Crippen LogP contribution in [0.25, 0.3) is 11.0 Å². The standard InChI is InChI=1S/C13H7Cl2N3O2S/c14-6-1-3-9(7(5-6)13(19)20)16-11-8(15)2-4-10-12(11)18-21-17-10/h1-5,16H,(H,19,20). The lowest BCUT2D eigenvalue weighted by atomic mass is 10.1. The Morgan fingerprint density at radius 3 is 2.76 bits per heavy atom. The quantitative estimate of drug-likeness (QED) is 0.737. The van der Waals surface area contributed by atoms with Crippen LogP contribution < -0.4 is 5.32 Å². The Labute approximate surface area is 133 Å². The first-order chi connectivity index (χ1) is 10.1. The first-order valence-corrected chi connectivity index (χ1v) is 7.25. The second-order valence-electron chi connectivity index (χ2n) is 4.17. The number of carbonyl (C=O) groups is 1. The van der Waals surface area contributed by atoms with Crippen LogP contribution in [0.5, 0.6) is 0 Å². The number of fused-ring (bicyclic) bond motifs is 1. The van der Waals surface area contributed by atoms with Crippen molar-refractivity contribution >= 4 is 63.3 Å². The lowest BCUT2D eigenvalue weighted by Gasteiger charge is -2.11. The number of aromatic nitrogens is 2. The number of anilines is 2. The van der Waals surface area contributed by atoms with Gasteiger partial charge in [0.1, 0.15) is 11.0 Å². The van der Waals surface area contributed by atoms with Gasteiger partial charge in [0, 0.05) is 5.02 Å². The van der Waals surface area contributed by atoms with Gasteiger partial charge < -0.3 is 10.4 Å². The van der Waals surface area contributed by atoms with E-state index in [0.29, 0.717) is 32.5 Å². The van der Waals surface area contributed by atoms with Gasteiger partial charge in [-0.15, -0.1) is 0 Å². The minimum Gasteiger partial charge on any atom is -0.478 e. The molecule has 3 rings (SSSR count). The molecule has 3 aromatic rings. The average Bonchev–Trinajstić information content (AvgIpc) is 2.92. The smallest absolute Gasteiger partial charge is 0.337 e. The third kappa shape index (κ3) is 2.65. The molecule has 0 saturated heterocycles. The molecular formula is C13H7Cl2N3O2S. The number of aromatic carboxylic acids is 1. The van der Waals surface area contributed by atoms with Crippen molar-refractivity contribution in [2.75, 3.05) is 5.32 Å². The number of hydrogen-bond donors (Lipinski definition) is 2. The molecule has 0 aliphatic rings. The van der Waals surface area contributed by atoms with Crippen LogP contribution in [0.15, 0.2) is 30.3 Å². The molecule has 0 atom stereocenters. The molecule has 0 fully saturated rings. The zero-order chi connectivity index (χ0) is 15.0. The summed E-state index contributed by atoms with van der Waals surface area (Å²) in [6.07, 6.45) is 0. The summed E-state index contributed by atoms with van der Waals surface area (Å²) < 4.78 is 8.31. The summed E-state index contributed by atoms with van der Waals surface area (Å²) in [5, 5.41) is 13.0. The SMILES string of the molecule is O=C(O)c1cc(Cl)ccc1Nc1c(Cl)ccc2nsnc12. The van der Waals surface area contributed by atoms with Crippen LogP contribution in [-0.4, -0.2) is 19.8 Å². The van der Waals surface area contributed by atoms with Crippen LogP contribution in [0.4, 0.5) is 11.4 Å². The topological polar surface area (TPSA) is 75.1 Å². The third-order valence-corrected chi connectivity index (χ3v) is 3.94. The summed E-state index contributed by atoms with van der Waals surface area (Å²) in [7, 11) is 0. The summed E-state index contributed by atoms with van der Waals surface area (Å²) in [5.74, 6) is -1.08. The molecule has 1 aromatic heterocycles. The van der Waals surface area contributed by atoms with Gasteiger partial charge in [-0.1, -0.05) is 23.2 Å². The van der Waals surface area contributed by atoms with Crippen molar-refractivity contribution in [1.82, 2.24) is 8.75 Å². The van der Waals surface area contributed by atoms with Crippen molar-refractivity contribution in [1.29, 1.82) is 0 Å². The number of carboxylic acids is 1. The zero-order valence-corrected chi connectivity index (χ0v) is 12.6. The Balaban J connectivity index is 2.13. The molecule has 21 heavy (non-hydrogen) atoms. The van der Waals surface area contributed by atoms with Crippen LogP contribution >= 0.6 is 34.9 Å². The van der Waals surface area contributed by atoms with E-state index >= 15 is 0 Å². The van der Waals surface area contributed by atoms with Gasteiger partial charge in [-0.2, -0.15) is 8.75 Å². The van der Waals surface area contributed by atoms with Gasteiger partial charge in [-0.05, 0) is 30.3 Å². The van der Waals surface area contributed by atoms with Gasteiger partial charge in [0.05, 0.1) is 33.7 Å². The third-order valence-electron chi connectivity index (χ3n) is 2.85. The van der Waals surface area contributed by atoms with Crippen molar-refractivity contribution in [2.45, 2.75) is 0 Å². The van der Waals surface area contributed by atoms with Crippen molar-refractivity contribution in [3.05, 3.63) is 45.9 Å². The number of nitrogens with one attached hydrogen (secondary N) is 1. The highest BCUT2D eigenvalue weighted by atomic mass is 35.5. The van der Waals surface area contributed by atoms with Gasteiger partial charge >= 0.3 is 5.97 Å². The highest BCUT2D eigenvalue weighted by molar-refractivity contribution is 7.00. The first kappa shape index (κ1) is 14.1. The van der Waals surface area contributed by atoms with Crippen LogP contribution in [0.3, 0.4) is 0 Å². The second kappa shape index (κ2) is 5.48. The predicted octanol–water partition coefficient (Wildman–Crippen LogP) is 4.44. The summed E-state index contributed by atoms with van der Waals surface area (Å²) in [4.78, 5) is 11.3. The monoisotopic (exact) mass is 339 g/mol. The van der Waals surface area contributed by atoms with Crippen LogP contribution in [0, 0.1) is 0 Å². The Morgan fingerprint density at radius 2 is 2.00 bits per heavy atom. The molecule has 5 nitrogen and oxygen atoms in total. The molecule has 8 heteroatoms. The highest BCUT2D eigenvalue weighted by Crippen LogP contribution is 2.34. The number of nitrogens with zero attached hydrogens (tertiary/aromatic N) is 2. The molecule has 0 saturated carbocycles. The lowest BCUT2D eigenvalue weighted by Crippen LogP contribution is -2.03. The maximum Gasteiger partial charge on any atom is 0.337 e. The molecule has 0 aliphatic heterocycles.